The van der Waals surface area contributed by atoms with Crippen molar-refractivity contribution in [2.75, 3.05) is 26.3 Å². The second-order valence-corrected chi connectivity index (χ2v) is 5.04. The Kier molecular flexibility index (Phi) is 2.90. The van der Waals surface area contributed by atoms with E-state index in [-0.39, 0.29) is 5.54 Å². The maximum Gasteiger partial charge on any atom is 0.122 e. The van der Waals surface area contributed by atoms with Crippen LogP contribution in [-0.4, -0.2) is 46.3 Å². The van der Waals surface area contributed by atoms with E-state index in [0.29, 0.717) is 6.54 Å². The van der Waals surface area contributed by atoms with Gasteiger partial charge in [-0.1, -0.05) is 0 Å². The topological polar surface area (TPSA) is 56.3 Å². The Morgan fingerprint density at radius 3 is 3.18 bits per heavy atom. The quantitative estimate of drug-likeness (QED) is 0.797. The number of hydrogen-bond acceptors (Lipinski definition) is 4. The van der Waals surface area contributed by atoms with Crippen molar-refractivity contribution >= 4 is 0 Å². The summed E-state index contributed by atoms with van der Waals surface area (Å²) in [4.78, 5) is 6.87. The van der Waals surface area contributed by atoms with Crippen molar-refractivity contribution < 1.29 is 4.74 Å². The molecule has 5 heteroatoms. The van der Waals surface area contributed by atoms with Crippen LogP contribution >= 0.6 is 0 Å². The molecule has 1 atom stereocenters. The molecule has 0 saturated carbocycles. The Hall–Kier alpha value is -0.910. The van der Waals surface area contributed by atoms with Crippen LogP contribution in [0.4, 0.5) is 0 Å². The van der Waals surface area contributed by atoms with Gasteiger partial charge in [0.2, 0.25) is 0 Å². The lowest BCUT2D eigenvalue weighted by molar-refractivity contribution is -0.0561. The summed E-state index contributed by atoms with van der Waals surface area (Å²) in [6.45, 7) is 5.27. The molecule has 2 aliphatic rings. The summed E-state index contributed by atoms with van der Waals surface area (Å²) in [6.07, 6.45) is 6.19. The SMILES string of the molecule is NCC1(N2CCn3ccnc3C2)CCCOC1. The van der Waals surface area contributed by atoms with Crippen LogP contribution in [0.3, 0.4) is 0 Å². The van der Waals surface area contributed by atoms with E-state index in [9.17, 15) is 0 Å². The lowest BCUT2D eigenvalue weighted by Gasteiger charge is -2.46. The minimum atomic E-state index is 0.0372. The predicted molar refractivity (Wildman–Crippen MR) is 64.5 cm³/mol. The van der Waals surface area contributed by atoms with Crippen LogP contribution in [0.1, 0.15) is 18.7 Å². The average molecular weight is 236 g/mol. The Morgan fingerprint density at radius 1 is 1.47 bits per heavy atom. The number of nitrogens with two attached hydrogens (primary N) is 1. The van der Waals surface area contributed by atoms with Gasteiger partial charge >= 0.3 is 0 Å². The van der Waals surface area contributed by atoms with E-state index in [1.54, 1.807) is 0 Å². The number of hydrogen-bond donors (Lipinski definition) is 1. The molecule has 1 aromatic rings. The third-order valence-corrected chi connectivity index (χ3v) is 4.10. The number of rotatable bonds is 2. The molecule has 0 radical (unpaired) electrons. The summed E-state index contributed by atoms with van der Waals surface area (Å²) in [5, 5.41) is 0. The van der Waals surface area contributed by atoms with E-state index >= 15 is 0 Å². The van der Waals surface area contributed by atoms with Crippen LogP contribution in [0, 0.1) is 0 Å². The van der Waals surface area contributed by atoms with Gasteiger partial charge in [0.1, 0.15) is 5.82 Å². The molecular formula is C12H20N4O. The van der Waals surface area contributed by atoms with Gasteiger partial charge in [-0.25, -0.2) is 4.98 Å². The van der Waals surface area contributed by atoms with E-state index < -0.39 is 0 Å². The summed E-state index contributed by atoms with van der Waals surface area (Å²) >= 11 is 0. The highest BCUT2D eigenvalue weighted by atomic mass is 16.5. The average Bonchev–Trinajstić information content (AvgIpc) is 2.86. The third-order valence-electron chi connectivity index (χ3n) is 4.10. The fourth-order valence-electron chi connectivity index (χ4n) is 2.96. The van der Waals surface area contributed by atoms with E-state index in [1.165, 1.54) is 0 Å². The van der Waals surface area contributed by atoms with Gasteiger partial charge in [-0.05, 0) is 12.8 Å². The van der Waals surface area contributed by atoms with E-state index in [2.05, 4.69) is 20.6 Å². The molecule has 5 nitrogen and oxygen atoms in total. The van der Waals surface area contributed by atoms with Gasteiger partial charge in [-0.15, -0.1) is 0 Å². The lowest BCUT2D eigenvalue weighted by Crippen LogP contribution is -2.60. The van der Waals surface area contributed by atoms with Crippen molar-refractivity contribution in [1.82, 2.24) is 14.5 Å². The van der Waals surface area contributed by atoms with Crippen molar-refractivity contribution in [1.29, 1.82) is 0 Å². The molecule has 3 heterocycles. The van der Waals surface area contributed by atoms with Gasteiger partial charge in [-0.2, -0.15) is 0 Å². The molecule has 1 aromatic heterocycles. The summed E-state index contributed by atoms with van der Waals surface area (Å²) in [5.41, 5.74) is 6.05. The smallest absolute Gasteiger partial charge is 0.122 e. The van der Waals surface area contributed by atoms with Gasteiger partial charge in [0.05, 0.1) is 18.7 Å². The molecule has 1 saturated heterocycles. The minimum absolute atomic E-state index is 0.0372. The molecule has 17 heavy (non-hydrogen) atoms. The van der Waals surface area contributed by atoms with Gasteiger partial charge < -0.3 is 15.0 Å². The van der Waals surface area contributed by atoms with Crippen LogP contribution in [-0.2, 0) is 17.8 Å². The number of imidazole rings is 1. The molecule has 3 rings (SSSR count). The standard InChI is InChI=1S/C12H20N4O/c13-9-12(2-1-7-17-10-12)16-6-5-15-4-3-14-11(15)8-16/h3-4H,1-2,5-10,13H2. The molecule has 2 N–H and O–H groups in total. The maximum atomic E-state index is 6.02. The summed E-state index contributed by atoms with van der Waals surface area (Å²) in [5.74, 6) is 1.15. The highest BCUT2D eigenvalue weighted by Gasteiger charge is 2.39. The maximum absolute atomic E-state index is 6.02. The zero-order chi connectivity index (χ0) is 11.7. The molecule has 0 bridgehead atoms. The first kappa shape index (κ1) is 11.2. The van der Waals surface area contributed by atoms with Crippen LogP contribution in [0.5, 0.6) is 0 Å². The molecule has 1 unspecified atom stereocenters. The first-order valence-corrected chi connectivity index (χ1v) is 6.37. The second-order valence-electron chi connectivity index (χ2n) is 5.04. The van der Waals surface area contributed by atoms with Crippen LogP contribution in [0.15, 0.2) is 12.4 Å². The Balaban J connectivity index is 1.80. The molecular weight excluding hydrogens is 216 g/mol. The first-order valence-electron chi connectivity index (χ1n) is 6.37. The number of fused-ring (bicyclic) bond motifs is 1. The fraction of sp³-hybridized carbons (Fsp3) is 0.750. The number of nitrogens with zero attached hydrogens (tertiary/aromatic N) is 3. The first-order chi connectivity index (χ1) is 8.34. The Labute approximate surface area is 102 Å². The summed E-state index contributed by atoms with van der Waals surface area (Å²) < 4.78 is 7.88. The second kappa shape index (κ2) is 4.40. The Morgan fingerprint density at radius 2 is 2.41 bits per heavy atom. The van der Waals surface area contributed by atoms with Crippen LogP contribution < -0.4 is 5.73 Å². The molecule has 2 aliphatic heterocycles. The van der Waals surface area contributed by atoms with Crippen LogP contribution in [0.25, 0.3) is 0 Å². The van der Waals surface area contributed by atoms with Crippen molar-refractivity contribution in [3.63, 3.8) is 0 Å². The zero-order valence-corrected chi connectivity index (χ0v) is 10.1. The van der Waals surface area contributed by atoms with Crippen molar-refractivity contribution in [2.45, 2.75) is 31.5 Å². The van der Waals surface area contributed by atoms with Crippen molar-refractivity contribution in [3.05, 3.63) is 18.2 Å². The molecule has 0 amide bonds. The Bertz CT molecular complexity index is 384. The van der Waals surface area contributed by atoms with Crippen molar-refractivity contribution in [3.8, 4) is 0 Å². The number of ether oxygens (including phenoxy) is 1. The molecule has 0 aliphatic carbocycles. The highest BCUT2D eigenvalue weighted by molar-refractivity contribution is 5.02. The lowest BCUT2D eigenvalue weighted by atomic mass is 9.90. The van der Waals surface area contributed by atoms with E-state index in [4.69, 9.17) is 10.5 Å². The minimum Gasteiger partial charge on any atom is -0.379 e. The molecule has 94 valence electrons. The van der Waals surface area contributed by atoms with Gasteiger partial charge in [0, 0.05) is 38.6 Å². The van der Waals surface area contributed by atoms with Gasteiger partial charge in [-0.3, -0.25) is 4.90 Å². The predicted octanol–water partition coefficient (Wildman–Crippen LogP) is 0.207. The largest absolute Gasteiger partial charge is 0.379 e. The van der Waals surface area contributed by atoms with Crippen molar-refractivity contribution in [2.24, 2.45) is 5.73 Å². The van der Waals surface area contributed by atoms with E-state index in [0.717, 1.165) is 51.5 Å². The van der Waals surface area contributed by atoms with Gasteiger partial charge in [0.25, 0.3) is 0 Å². The zero-order valence-electron chi connectivity index (χ0n) is 10.1. The molecule has 0 spiro atoms. The van der Waals surface area contributed by atoms with Crippen LogP contribution in [0.2, 0.25) is 0 Å². The molecule has 1 fully saturated rings. The van der Waals surface area contributed by atoms with E-state index in [1.807, 2.05) is 6.20 Å². The summed E-state index contributed by atoms with van der Waals surface area (Å²) in [6, 6.07) is 0. The monoisotopic (exact) mass is 236 g/mol. The third kappa shape index (κ3) is 1.88. The van der Waals surface area contributed by atoms with Gasteiger partial charge in [0.15, 0.2) is 0 Å². The highest BCUT2D eigenvalue weighted by Crippen LogP contribution is 2.28. The molecule has 0 aromatic carbocycles. The normalized spacial score (nSPS) is 30.2. The number of aromatic nitrogens is 2. The fourth-order valence-corrected chi connectivity index (χ4v) is 2.96. The summed E-state index contributed by atoms with van der Waals surface area (Å²) in [7, 11) is 0.